The van der Waals surface area contributed by atoms with E-state index in [2.05, 4.69) is 15.5 Å². The maximum Gasteiger partial charge on any atom is 0.359 e. The highest BCUT2D eigenvalue weighted by molar-refractivity contribution is 7.89. The number of nitrogens with one attached hydrogen (secondary N) is 2. The smallest absolute Gasteiger partial charge is 0.359 e. The van der Waals surface area contributed by atoms with Crippen LogP contribution in [0.3, 0.4) is 0 Å². The fourth-order valence-electron chi connectivity index (χ4n) is 2.24. The van der Waals surface area contributed by atoms with Crippen molar-refractivity contribution >= 4 is 38.5 Å². The molecule has 10 heteroatoms. The lowest BCUT2D eigenvalue weighted by Crippen LogP contribution is -2.21. The largest absolute Gasteiger partial charge is 0.451 e. The Morgan fingerprint density at radius 1 is 1.12 bits per heavy atom. The van der Waals surface area contributed by atoms with Gasteiger partial charge in [-0.05, 0) is 30.3 Å². The molecule has 0 atom stereocenters. The van der Waals surface area contributed by atoms with E-state index >= 15 is 0 Å². The molecule has 1 aromatic heterocycles. The quantitative estimate of drug-likeness (QED) is 0.568. The first-order valence-electron chi connectivity index (χ1n) is 7.37. The molecule has 0 bridgehead atoms. The summed E-state index contributed by atoms with van der Waals surface area (Å²) in [4.78, 5) is 23.9. The number of H-pyrrole nitrogens is 1. The van der Waals surface area contributed by atoms with Crippen LogP contribution in [0.2, 0.25) is 0 Å². The number of sulfonamides is 1. The Morgan fingerprint density at radius 2 is 1.81 bits per heavy atom. The summed E-state index contributed by atoms with van der Waals surface area (Å²) in [6.07, 6.45) is 0. The van der Waals surface area contributed by atoms with Gasteiger partial charge in [-0.25, -0.2) is 18.4 Å². The summed E-state index contributed by atoms with van der Waals surface area (Å²) >= 11 is 0. The first kappa shape index (κ1) is 17.6. The molecule has 0 aliphatic heterocycles. The number of anilines is 1. The summed E-state index contributed by atoms with van der Waals surface area (Å²) in [5.41, 5.74) is 1.11. The van der Waals surface area contributed by atoms with Gasteiger partial charge in [-0.2, -0.15) is 5.10 Å². The average molecular weight is 374 g/mol. The molecule has 134 valence electrons. The molecule has 4 N–H and O–H groups in total. The van der Waals surface area contributed by atoms with Gasteiger partial charge in [0.05, 0.1) is 10.4 Å². The van der Waals surface area contributed by atoms with Crippen molar-refractivity contribution in [3.8, 4) is 0 Å². The zero-order chi connectivity index (χ0) is 18.7. The number of benzene rings is 2. The Balaban J connectivity index is 1.59. The Kier molecular flexibility index (Phi) is 4.69. The first-order chi connectivity index (χ1) is 12.3. The number of fused-ring (bicyclic) bond motifs is 1. The van der Waals surface area contributed by atoms with E-state index in [9.17, 15) is 18.0 Å². The van der Waals surface area contributed by atoms with E-state index in [0.717, 1.165) is 0 Å². The van der Waals surface area contributed by atoms with Gasteiger partial charge in [0, 0.05) is 11.1 Å². The molecule has 3 aromatic rings. The maximum atomic E-state index is 12.1. The highest BCUT2D eigenvalue weighted by Gasteiger charge is 2.17. The van der Waals surface area contributed by atoms with Crippen LogP contribution < -0.4 is 10.5 Å². The summed E-state index contributed by atoms with van der Waals surface area (Å²) in [6.45, 7) is -0.517. The van der Waals surface area contributed by atoms with Gasteiger partial charge < -0.3 is 10.1 Å². The third kappa shape index (κ3) is 3.87. The van der Waals surface area contributed by atoms with Gasteiger partial charge in [0.2, 0.25) is 10.0 Å². The molecule has 1 heterocycles. The highest BCUT2D eigenvalue weighted by Crippen LogP contribution is 2.16. The fraction of sp³-hybridized carbons (Fsp3) is 0.0625. The van der Waals surface area contributed by atoms with Crippen LogP contribution in [-0.2, 0) is 19.6 Å². The topological polar surface area (TPSA) is 144 Å². The Bertz CT molecular complexity index is 1070. The van der Waals surface area contributed by atoms with Crippen molar-refractivity contribution in [2.75, 3.05) is 11.9 Å². The molecule has 0 radical (unpaired) electrons. The summed E-state index contributed by atoms with van der Waals surface area (Å²) in [7, 11) is -3.80. The number of para-hydroxylation sites is 1. The first-order valence-corrected chi connectivity index (χ1v) is 8.92. The van der Waals surface area contributed by atoms with Crippen LogP contribution in [0, 0.1) is 0 Å². The fourth-order valence-corrected chi connectivity index (χ4v) is 2.76. The van der Waals surface area contributed by atoms with E-state index in [-0.39, 0.29) is 10.6 Å². The summed E-state index contributed by atoms with van der Waals surface area (Å²) in [5, 5.41) is 14.7. The minimum atomic E-state index is -3.80. The Labute approximate surface area is 148 Å². The number of rotatable bonds is 5. The highest BCUT2D eigenvalue weighted by atomic mass is 32.2. The zero-order valence-corrected chi connectivity index (χ0v) is 14.1. The van der Waals surface area contributed by atoms with Crippen molar-refractivity contribution in [3.05, 3.63) is 54.2 Å². The van der Waals surface area contributed by atoms with E-state index in [1.165, 1.54) is 24.3 Å². The number of nitrogens with zero attached hydrogens (tertiary/aromatic N) is 1. The predicted octanol–water partition coefficient (Wildman–Crippen LogP) is 1.01. The van der Waals surface area contributed by atoms with Gasteiger partial charge in [0.15, 0.2) is 12.3 Å². The number of primary sulfonamides is 1. The van der Waals surface area contributed by atoms with Gasteiger partial charge in [-0.15, -0.1) is 0 Å². The van der Waals surface area contributed by atoms with Crippen LogP contribution in [-0.4, -0.2) is 37.1 Å². The molecule has 0 spiro atoms. The monoisotopic (exact) mass is 374 g/mol. The maximum absolute atomic E-state index is 12.1. The molecule has 1 amide bonds. The average Bonchev–Trinajstić information content (AvgIpc) is 3.03. The number of carbonyl (C=O) groups is 2. The number of aromatic amines is 1. The van der Waals surface area contributed by atoms with Crippen LogP contribution in [0.4, 0.5) is 5.69 Å². The summed E-state index contributed by atoms with van der Waals surface area (Å²) in [6, 6.07) is 12.3. The van der Waals surface area contributed by atoms with Crippen molar-refractivity contribution in [2.24, 2.45) is 5.14 Å². The number of nitrogens with two attached hydrogens (primary N) is 1. The molecule has 0 aliphatic carbocycles. The van der Waals surface area contributed by atoms with Crippen LogP contribution in [0.1, 0.15) is 10.5 Å². The van der Waals surface area contributed by atoms with Gasteiger partial charge in [-0.3, -0.25) is 9.89 Å². The van der Waals surface area contributed by atoms with Crippen LogP contribution >= 0.6 is 0 Å². The number of hydrogen-bond donors (Lipinski definition) is 3. The second-order valence-electron chi connectivity index (χ2n) is 5.31. The molecule has 0 saturated heterocycles. The lowest BCUT2D eigenvalue weighted by molar-refractivity contribution is -0.119. The molecule has 9 nitrogen and oxygen atoms in total. The number of hydrogen-bond acceptors (Lipinski definition) is 6. The van der Waals surface area contributed by atoms with Crippen molar-refractivity contribution < 1.29 is 22.7 Å². The van der Waals surface area contributed by atoms with E-state index < -0.39 is 28.5 Å². The molecule has 2 aromatic carbocycles. The van der Waals surface area contributed by atoms with Gasteiger partial charge >= 0.3 is 5.97 Å². The number of esters is 1. The minimum absolute atomic E-state index is 0.0765. The van der Waals surface area contributed by atoms with Crippen LogP contribution in [0.15, 0.2) is 53.4 Å². The lowest BCUT2D eigenvalue weighted by Gasteiger charge is -2.06. The van der Waals surface area contributed by atoms with E-state index in [1.807, 2.05) is 0 Å². The van der Waals surface area contributed by atoms with Gasteiger partial charge in [-0.1, -0.05) is 18.2 Å². The minimum Gasteiger partial charge on any atom is -0.451 e. The number of ether oxygens (including phenoxy) is 1. The molecular formula is C16H14N4O5S. The van der Waals surface area contributed by atoms with Crippen molar-refractivity contribution in [1.82, 2.24) is 10.2 Å². The molecule has 0 saturated carbocycles. The van der Waals surface area contributed by atoms with Crippen molar-refractivity contribution in [3.63, 3.8) is 0 Å². The molecule has 0 aliphatic rings. The van der Waals surface area contributed by atoms with Gasteiger partial charge in [0.1, 0.15) is 0 Å². The SMILES string of the molecule is NS(=O)(=O)c1ccc(NC(=O)COC(=O)c2n[nH]c3ccccc23)cc1. The van der Waals surface area contributed by atoms with Gasteiger partial charge in [0.25, 0.3) is 5.91 Å². The van der Waals surface area contributed by atoms with Crippen LogP contribution in [0.5, 0.6) is 0 Å². The number of carbonyl (C=O) groups excluding carboxylic acids is 2. The Morgan fingerprint density at radius 3 is 2.50 bits per heavy atom. The number of amides is 1. The second-order valence-corrected chi connectivity index (χ2v) is 6.87. The third-order valence-corrected chi connectivity index (χ3v) is 4.39. The molecule has 3 rings (SSSR count). The molecular weight excluding hydrogens is 360 g/mol. The van der Waals surface area contributed by atoms with E-state index in [4.69, 9.17) is 9.88 Å². The molecule has 0 fully saturated rings. The Hall–Kier alpha value is -3.24. The number of aromatic nitrogens is 2. The normalized spacial score (nSPS) is 11.3. The third-order valence-electron chi connectivity index (χ3n) is 3.46. The van der Waals surface area contributed by atoms with E-state index in [1.54, 1.807) is 24.3 Å². The predicted molar refractivity (Wildman–Crippen MR) is 92.8 cm³/mol. The molecule has 0 unspecified atom stereocenters. The van der Waals surface area contributed by atoms with E-state index in [0.29, 0.717) is 16.6 Å². The lowest BCUT2D eigenvalue weighted by atomic mass is 10.2. The summed E-state index contributed by atoms with van der Waals surface area (Å²) in [5.74, 6) is -1.32. The van der Waals surface area contributed by atoms with Crippen LogP contribution in [0.25, 0.3) is 10.9 Å². The summed E-state index contributed by atoms with van der Waals surface area (Å²) < 4.78 is 27.3. The second kappa shape index (κ2) is 6.94. The zero-order valence-electron chi connectivity index (χ0n) is 13.3. The molecule has 26 heavy (non-hydrogen) atoms. The van der Waals surface area contributed by atoms with Crippen molar-refractivity contribution in [2.45, 2.75) is 4.90 Å². The standard InChI is InChI=1S/C16H14N4O5S/c17-26(23,24)11-7-5-10(6-8-11)18-14(21)9-25-16(22)15-12-3-1-2-4-13(12)19-20-15/h1-8H,9H2,(H,18,21)(H,19,20)(H2,17,23,24). The van der Waals surface area contributed by atoms with Crippen molar-refractivity contribution in [1.29, 1.82) is 0 Å².